The minimum Gasteiger partial charge on any atom is -0.332 e. The van der Waals surface area contributed by atoms with Gasteiger partial charge in [-0.25, -0.2) is 0 Å². The van der Waals surface area contributed by atoms with Crippen LogP contribution in [-0.2, 0) is 19.4 Å². The molecule has 0 unspecified atom stereocenters. The predicted molar refractivity (Wildman–Crippen MR) is 141 cm³/mol. The zero-order chi connectivity index (χ0) is 22.2. The number of rotatable bonds is 5. The van der Waals surface area contributed by atoms with Crippen LogP contribution in [0.15, 0.2) is 84.0 Å². The highest BCUT2D eigenvalue weighted by Crippen LogP contribution is 2.39. The second-order valence-corrected chi connectivity index (χ2v) is 10.2. The molecule has 3 heterocycles. The van der Waals surface area contributed by atoms with Gasteiger partial charge >= 0.3 is 0 Å². The number of hydrogen-bond donors (Lipinski definition) is 0. The molecule has 0 spiro atoms. The molecule has 6 rings (SSSR count). The van der Waals surface area contributed by atoms with E-state index in [9.17, 15) is 0 Å². The molecule has 0 aliphatic carbocycles. The van der Waals surface area contributed by atoms with Crippen molar-refractivity contribution in [1.29, 1.82) is 0 Å². The second-order valence-electron chi connectivity index (χ2n) is 8.78. The van der Waals surface area contributed by atoms with Crippen LogP contribution in [0.4, 0.5) is 5.69 Å². The molecular weight excluding hydrogens is 444 g/mol. The summed E-state index contributed by atoms with van der Waals surface area (Å²) >= 11 is 8.77. The zero-order valence-corrected chi connectivity index (χ0v) is 20.1. The van der Waals surface area contributed by atoms with Crippen molar-refractivity contribution < 1.29 is 4.57 Å². The van der Waals surface area contributed by atoms with Crippen molar-refractivity contribution in [3.8, 4) is 0 Å². The van der Waals surface area contributed by atoms with E-state index in [1.54, 1.807) is 0 Å². The van der Waals surface area contributed by atoms with Gasteiger partial charge in [-0.2, -0.15) is 4.57 Å². The maximum atomic E-state index is 6.88. The zero-order valence-electron chi connectivity index (χ0n) is 18.5. The molecule has 2 aliphatic heterocycles. The Kier molecular flexibility index (Phi) is 5.53. The quantitative estimate of drug-likeness (QED) is 0.221. The number of nitrogens with zero attached hydrogens (tertiary/aromatic N) is 2. The number of anilines is 1. The van der Waals surface area contributed by atoms with Crippen LogP contribution in [0, 0.1) is 0 Å². The number of allylic oxidation sites excluding steroid dienone is 2. The third kappa shape index (κ3) is 3.90. The Morgan fingerprint density at radius 2 is 1.82 bits per heavy atom. The van der Waals surface area contributed by atoms with E-state index in [2.05, 4.69) is 94.4 Å². The van der Waals surface area contributed by atoms with Crippen molar-refractivity contribution in [2.45, 2.75) is 32.2 Å². The van der Waals surface area contributed by atoms with E-state index in [0.717, 1.165) is 31.1 Å². The summed E-state index contributed by atoms with van der Waals surface area (Å²) in [5.41, 5.74) is 7.91. The number of para-hydroxylation sites is 2. The van der Waals surface area contributed by atoms with E-state index >= 15 is 0 Å². The number of hydrogen-bond acceptors (Lipinski definition) is 2. The molecule has 3 aromatic carbocycles. The van der Waals surface area contributed by atoms with Crippen LogP contribution >= 0.6 is 22.9 Å². The van der Waals surface area contributed by atoms with Gasteiger partial charge in [-0.3, -0.25) is 0 Å². The first kappa shape index (κ1) is 20.7. The maximum Gasteiger partial charge on any atom is 0.263 e. The molecule has 0 amide bonds. The summed E-state index contributed by atoms with van der Waals surface area (Å²) in [4.78, 5) is 2.26. The Bertz CT molecular complexity index is 1380. The van der Waals surface area contributed by atoms with Crippen molar-refractivity contribution in [2.75, 3.05) is 11.4 Å². The number of thiazole rings is 1. The highest BCUT2D eigenvalue weighted by Gasteiger charge is 2.27. The van der Waals surface area contributed by atoms with Gasteiger partial charge in [-0.15, -0.1) is 0 Å². The molecule has 4 aromatic rings. The SMILES string of the molecule is ClC1=C/C(=C\c2sc3cccc4c3[n+]2CCC4)c2ccccc2N1CCCc1ccccc1. The van der Waals surface area contributed by atoms with Crippen molar-refractivity contribution in [2.24, 2.45) is 0 Å². The van der Waals surface area contributed by atoms with Crippen molar-refractivity contribution in [1.82, 2.24) is 0 Å². The smallest absolute Gasteiger partial charge is 0.263 e. The van der Waals surface area contributed by atoms with Crippen molar-refractivity contribution >= 4 is 50.5 Å². The van der Waals surface area contributed by atoms with Gasteiger partial charge in [-0.1, -0.05) is 83.6 Å². The lowest BCUT2D eigenvalue weighted by Gasteiger charge is -2.30. The molecule has 4 heteroatoms. The molecule has 0 saturated heterocycles. The fourth-order valence-electron chi connectivity index (χ4n) is 5.11. The van der Waals surface area contributed by atoms with Crippen molar-refractivity contribution in [3.63, 3.8) is 0 Å². The lowest BCUT2D eigenvalue weighted by Crippen LogP contribution is -2.38. The predicted octanol–water partition coefficient (Wildman–Crippen LogP) is 7.21. The fraction of sp³-hybridized carbons (Fsp3) is 0.207. The summed E-state index contributed by atoms with van der Waals surface area (Å²) in [5, 5.41) is 2.11. The summed E-state index contributed by atoms with van der Waals surface area (Å²) in [5.74, 6) is 0. The Morgan fingerprint density at radius 3 is 2.73 bits per heavy atom. The summed E-state index contributed by atoms with van der Waals surface area (Å²) in [6.45, 7) is 1.99. The Hall–Kier alpha value is -2.88. The molecule has 0 fully saturated rings. The van der Waals surface area contributed by atoms with E-state index in [1.165, 1.54) is 56.0 Å². The Morgan fingerprint density at radius 1 is 0.970 bits per heavy atom. The molecular formula is C29H26ClN2S+. The van der Waals surface area contributed by atoms with Gasteiger partial charge in [0.1, 0.15) is 9.86 Å². The Labute approximate surface area is 204 Å². The first-order valence-corrected chi connectivity index (χ1v) is 12.9. The van der Waals surface area contributed by atoms with Crippen molar-refractivity contribution in [3.05, 3.63) is 106 Å². The van der Waals surface area contributed by atoms with Gasteiger partial charge in [0.15, 0.2) is 6.54 Å². The molecule has 33 heavy (non-hydrogen) atoms. The highest BCUT2D eigenvalue weighted by molar-refractivity contribution is 7.19. The number of aryl methyl sites for hydroxylation is 3. The van der Waals surface area contributed by atoms with Crippen LogP contribution in [0.5, 0.6) is 0 Å². The molecule has 2 aliphatic rings. The van der Waals surface area contributed by atoms with Gasteiger partial charge in [0.25, 0.3) is 5.01 Å². The van der Waals surface area contributed by atoms with E-state index in [1.807, 2.05) is 11.3 Å². The molecule has 164 valence electrons. The maximum absolute atomic E-state index is 6.88. The monoisotopic (exact) mass is 469 g/mol. The first-order valence-electron chi connectivity index (χ1n) is 11.7. The fourth-order valence-corrected chi connectivity index (χ4v) is 6.59. The molecule has 0 N–H and O–H groups in total. The van der Waals surface area contributed by atoms with Crippen LogP contribution in [0.2, 0.25) is 0 Å². The average molecular weight is 470 g/mol. The second kappa shape index (κ2) is 8.81. The first-order chi connectivity index (χ1) is 16.3. The number of benzene rings is 3. The van der Waals surface area contributed by atoms with Gasteiger partial charge in [0.2, 0.25) is 5.52 Å². The number of aromatic nitrogens is 1. The van der Waals surface area contributed by atoms with Gasteiger partial charge in [0.05, 0.1) is 0 Å². The van der Waals surface area contributed by atoms with E-state index in [0.29, 0.717) is 0 Å². The van der Waals surface area contributed by atoms with Crippen LogP contribution < -0.4 is 9.47 Å². The minimum absolute atomic E-state index is 0.799. The molecule has 0 saturated carbocycles. The van der Waals surface area contributed by atoms with Crippen LogP contribution in [0.25, 0.3) is 21.9 Å². The van der Waals surface area contributed by atoms with E-state index in [4.69, 9.17) is 11.6 Å². The van der Waals surface area contributed by atoms with Crippen LogP contribution in [0.3, 0.4) is 0 Å². The lowest BCUT2D eigenvalue weighted by molar-refractivity contribution is -0.671. The summed E-state index contributed by atoms with van der Waals surface area (Å²) in [6.07, 6.45) is 8.97. The summed E-state index contributed by atoms with van der Waals surface area (Å²) in [6, 6.07) is 26.1. The largest absolute Gasteiger partial charge is 0.332 e. The van der Waals surface area contributed by atoms with Crippen LogP contribution in [-0.4, -0.2) is 6.54 Å². The number of fused-ring (bicyclic) bond motifs is 1. The molecule has 0 bridgehead atoms. The standard InChI is InChI=1S/C29H26ClN2S/c30-27-19-23(20-28-32-18-8-13-22-12-6-16-26(33-28)29(22)32)24-14-4-5-15-25(24)31(27)17-7-11-21-9-2-1-3-10-21/h1-6,9-10,12,14-16,19-20H,7-8,11,13,17-18H2/q+1. The summed E-state index contributed by atoms with van der Waals surface area (Å²) in [7, 11) is 0. The van der Waals surface area contributed by atoms with E-state index < -0.39 is 0 Å². The third-order valence-electron chi connectivity index (χ3n) is 6.67. The average Bonchev–Trinajstić information content (AvgIpc) is 3.21. The molecule has 0 atom stereocenters. The minimum atomic E-state index is 0.799. The molecule has 2 nitrogen and oxygen atoms in total. The topological polar surface area (TPSA) is 7.12 Å². The molecule has 0 radical (unpaired) electrons. The van der Waals surface area contributed by atoms with Gasteiger partial charge < -0.3 is 4.90 Å². The van der Waals surface area contributed by atoms with E-state index in [-0.39, 0.29) is 0 Å². The van der Waals surface area contributed by atoms with Gasteiger partial charge in [0, 0.05) is 35.9 Å². The third-order valence-corrected chi connectivity index (χ3v) is 8.08. The van der Waals surface area contributed by atoms with Gasteiger partial charge in [-0.05, 0) is 48.6 Å². The Balaban J connectivity index is 1.34. The molecule has 1 aromatic heterocycles. The van der Waals surface area contributed by atoms with Crippen LogP contribution in [0.1, 0.15) is 34.5 Å². The normalized spacial score (nSPS) is 16.2. The lowest BCUT2D eigenvalue weighted by atomic mass is 9.99. The highest BCUT2D eigenvalue weighted by atomic mass is 35.5. The number of halogens is 1. The summed E-state index contributed by atoms with van der Waals surface area (Å²) < 4.78 is 3.88.